The van der Waals surface area contributed by atoms with E-state index in [4.69, 9.17) is 10.8 Å². The van der Waals surface area contributed by atoms with Crippen molar-refractivity contribution in [3.8, 4) is 0 Å². The number of primary amides is 1. The average molecular weight is 353 g/mol. The third kappa shape index (κ3) is 3.37. The zero-order valence-corrected chi connectivity index (χ0v) is 12.4. The first-order valence-electron chi connectivity index (χ1n) is 5.44. The van der Waals surface area contributed by atoms with Crippen molar-refractivity contribution in [1.82, 2.24) is 4.98 Å². The minimum atomic E-state index is -1.00. The molecule has 0 bridgehead atoms. The predicted molar refractivity (Wildman–Crippen MR) is 78.0 cm³/mol. The fraction of sp³-hybridized carbons (Fsp3) is 0. The third-order valence-corrected chi connectivity index (χ3v) is 4.04. The lowest BCUT2D eigenvalue weighted by Crippen LogP contribution is -2.10. The molecule has 1 aromatic heterocycles. The average Bonchev–Trinajstić information content (AvgIpc) is 2.41. The molecule has 0 aliphatic rings. The topological polar surface area (TPSA) is 93.3 Å². The largest absolute Gasteiger partial charge is 0.478 e. The van der Waals surface area contributed by atoms with Gasteiger partial charge in [-0.15, -0.1) is 0 Å². The molecule has 2 aromatic rings. The van der Waals surface area contributed by atoms with Crippen LogP contribution < -0.4 is 5.73 Å². The van der Waals surface area contributed by atoms with Crippen LogP contribution in [0.3, 0.4) is 0 Å². The molecule has 0 spiro atoms. The summed E-state index contributed by atoms with van der Waals surface area (Å²) in [5, 5.41) is 9.69. The summed E-state index contributed by atoms with van der Waals surface area (Å²) >= 11 is 4.49. The number of rotatable bonds is 4. The molecule has 5 nitrogen and oxygen atoms in total. The number of carboxylic acids is 1. The summed E-state index contributed by atoms with van der Waals surface area (Å²) in [5.74, 6) is -1.54. The molecule has 0 unspecified atom stereocenters. The maximum Gasteiger partial charge on any atom is 0.336 e. The van der Waals surface area contributed by atoms with Gasteiger partial charge in [0.05, 0.1) is 11.1 Å². The summed E-state index contributed by atoms with van der Waals surface area (Å²) < 4.78 is 0.520. The van der Waals surface area contributed by atoms with Crippen LogP contribution in [-0.4, -0.2) is 22.0 Å². The molecule has 1 heterocycles. The fourth-order valence-electron chi connectivity index (χ4n) is 1.44. The number of carboxylic acid groups (broad SMARTS) is 1. The fourth-order valence-corrected chi connectivity index (χ4v) is 2.65. The first-order valence-corrected chi connectivity index (χ1v) is 7.05. The molecular weight excluding hydrogens is 344 g/mol. The van der Waals surface area contributed by atoms with Crippen LogP contribution in [0.25, 0.3) is 0 Å². The van der Waals surface area contributed by atoms with E-state index < -0.39 is 11.9 Å². The maximum atomic E-state index is 11.0. The van der Waals surface area contributed by atoms with Gasteiger partial charge in [0, 0.05) is 15.6 Å². The highest BCUT2D eigenvalue weighted by Gasteiger charge is 2.10. The van der Waals surface area contributed by atoms with E-state index in [0.29, 0.717) is 15.1 Å². The van der Waals surface area contributed by atoms with E-state index >= 15 is 0 Å². The van der Waals surface area contributed by atoms with Gasteiger partial charge >= 0.3 is 5.97 Å². The van der Waals surface area contributed by atoms with Gasteiger partial charge in [0.1, 0.15) is 5.03 Å². The van der Waals surface area contributed by atoms with Gasteiger partial charge in [0.15, 0.2) is 0 Å². The first kappa shape index (κ1) is 14.5. The molecule has 1 aromatic carbocycles. The number of carbonyl (C=O) groups is 2. The van der Waals surface area contributed by atoms with Crippen LogP contribution in [0.4, 0.5) is 0 Å². The highest BCUT2D eigenvalue weighted by Crippen LogP contribution is 2.29. The highest BCUT2D eigenvalue weighted by atomic mass is 79.9. The molecule has 0 aliphatic heterocycles. The van der Waals surface area contributed by atoms with Crippen LogP contribution in [0.1, 0.15) is 20.7 Å². The van der Waals surface area contributed by atoms with Crippen LogP contribution in [-0.2, 0) is 0 Å². The summed E-state index contributed by atoms with van der Waals surface area (Å²) in [6, 6.07) is 8.25. The molecule has 0 saturated carbocycles. The lowest BCUT2D eigenvalue weighted by Gasteiger charge is -2.04. The molecule has 0 radical (unpaired) electrons. The van der Waals surface area contributed by atoms with Gasteiger partial charge in [0.25, 0.3) is 0 Å². The summed E-state index contributed by atoms with van der Waals surface area (Å²) in [6.07, 6.45) is 1.39. The summed E-state index contributed by atoms with van der Waals surface area (Å²) in [4.78, 5) is 26.8. The van der Waals surface area contributed by atoms with Gasteiger partial charge in [-0.1, -0.05) is 11.8 Å². The first-order chi connectivity index (χ1) is 9.47. The second-order valence-corrected chi connectivity index (χ2v) is 5.75. The zero-order chi connectivity index (χ0) is 14.7. The molecule has 20 heavy (non-hydrogen) atoms. The van der Waals surface area contributed by atoms with E-state index in [-0.39, 0.29) is 5.56 Å². The van der Waals surface area contributed by atoms with E-state index in [1.165, 1.54) is 18.0 Å². The van der Waals surface area contributed by atoms with Crippen LogP contribution in [0.2, 0.25) is 0 Å². The Morgan fingerprint density at radius 2 is 2.00 bits per heavy atom. The van der Waals surface area contributed by atoms with Crippen LogP contribution in [0, 0.1) is 0 Å². The van der Waals surface area contributed by atoms with Crippen molar-refractivity contribution >= 4 is 39.6 Å². The number of hydrogen-bond donors (Lipinski definition) is 2. The minimum absolute atomic E-state index is 0.184. The second-order valence-electron chi connectivity index (χ2n) is 3.80. The summed E-state index contributed by atoms with van der Waals surface area (Å²) in [6.45, 7) is 0. The zero-order valence-electron chi connectivity index (χ0n) is 10.0. The van der Waals surface area contributed by atoms with Crippen molar-refractivity contribution in [2.75, 3.05) is 0 Å². The number of aromatic nitrogens is 1. The summed E-state index contributed by atoms with van der Waals surface area (Å²) in [7, 11) is 0. The summed E-state index contributed by atoms with van der Waals surface area (Å²) in [5.41, 5.74) is 5.64. The Morgan fingerprint density at radius 3 is 2.55 bits per heavy atom. The molecule has 102 valence electrons. The van der Waals surface area contributed by atoms with Gasteiger partial charge in [-0.05, 0) is 46.3 Å². The van der Waals surface area contributed by atoms with Gasteiger partial charge in [-0.3, -0.25) is 4.79 Å². The molecule has 3 N–H and O–H groups in total. The van der Waals surface area contributed by atoms with Crippen LogP contribution in [0.5, 0.6) is 0 Å². The number of aromatic carboxylic acids is 1. The van der Waals surface area contributed by atoms with Crippen molar-refractivity contribution in [3.05, 3.63) is 52.1 Å². The van der Waals surface area contributed by atoms with Crippen LogP contribution in [0.15, 0.2) is 50.9 Å². The number of carbonyl (C=O) groups excluding carboxylic acids is 1. The Hall–Kier alpha value is -1.86. The Bertz CT molecular complexity index is 674. The molecule has 7 heteroatoms. The smallest absolute Gasteiger partial charge is 0.336 e. The standard InChI is InChI=1S/C13H9BrN2O3S/c14-10-3-2-8(5-9(10)13(18)19)20-11-4-1-7(6-16-11)12(15)17/h1-6H,(H2,15,17)(H,18,19). The molecule has 0 saturated heterocycles. The Balaban J connectivity index is 2.23. The van der Waals surface area contributed by atoms with E-state index in [1.807, 2.05) is 0 Å². The maximum absolute atomic E-state index is 11.0. The van der Waals surface area contributed by atoms with Gasteiger partial charge in [-0.25, -0.2) is 9.78 Å². The predicted octanol–water partition coefficient (Wildman–Crippen LogP) is 2.79. The number of nitrogens with zero attached hydrogens (tertiary/aromatic N) is 1. The highest BCUT2D eigenvalue weighted by molar-refractivity contribution is 9.10. The Morgan fingerprint density at radius 1 is 1.25 bits per heavy atom. The van der Waals surface area contributed by atoms with Crippen LogP contribution >= 0.6 is 27.7 Å². The molecular formula is C13H9BrN2O3S. The lowest BCUT2D eigenvalue weighted by atomic mass is 10.2. The van der Waals surface area contributed by atoms with Gasteiger partial charge < -0.3 is 10.8 Å². The van der Waals surface area contributed by atoms with Crippen molar-refractivity contribution in [3.63, 3.8) is 0 Å². The van der Waals surface area contributed by atoms with Crippen molar-refractivity contribution in [1.29, 1.82) is 0 Å². The van der Waals surface area contributed by atoms with E-state index in [2.05, 4.69) is 20.9 Å². The van der Waals surface area contributed by atoms with Gasteiger partial charge in [0.2, 0.25) is 5.91 Å². The molecule has 2 rings (SSSR count). The number of benzene rings is 1. The second kappa shape index (κ2) is 6.06. The van der Waals surface area contributed by atoms with Crippen molar-refractivity contribution < 1.29 is 14.7 Å². The van der Waals surface area contributed by atoms with Gasteiger partial charge in [-0.2, -0.15) is 0 Å². The molecule has 0 atom stereocenters. The normalized spacial score (nSPS) is 10.2. The number of nitrogens with two attached hydrogens (primary N) is 1. The molecule has 1 amide bonds. The lowest BCUT2D eigenvalue weighted by molar-refractivity contribution is 0.0695. The Kier molecular flexibility index (Phi) is 4.41. The quantitative estimate of drug-likeness (QED) is 0.882. The third-order valence-electron chi connectivity index (χ3n) is 2.41. The van der Waals surface area contributed by atoms with E-state index in [9.17, 15) is 9.59 Å². The number of amides is 1. The molecule has 0 fully saturated rings. The number of halogens is 1. The van der Waals surface area contributed by atoms with E-state index in [0.717, 1.165) is 4.90 Å². The van der Waals surface area contributed by atoms with Crippen molar-refractivity contribution in [2.24, 2.45) is 5.73 Å². The monoisotopic (exact) mass is 352 g/mol. The minimum Gasteiger partial charge on any atom is -0.478 e. The Labute approximate surface area is 127 Å². The number of pyridine rings is 1. The molecule has 0 aliphatic carbocycles. The number of hydrogen-bond acceptors (Lipinski definition) is 4. The van der Waals surface area contributed by atoms with Crippen molar-refractivity contribution in [2.45, 2.75) is 9.92 Å². The van der Waals surface area contributed by atoms with E-state index in [1.54, 1.807) is 30.3 Å². The SMILES string of the molecule is NC(=O)c1ccc(Sc2ccc(Br)c(C(=O)O)c2)nc1.